The Balaban J connectivity index is 2.45. The van der Waals surface area contributed by atoms with Crippen molar-refractivity contribution in [1.29, 1.82) is 5.26 Å². The van der Waals surface area contributed by atoms with E-state index in [-0.39, 0.29) is 39.8 Å². The van der Waals surface area contributed by atoms with E-state index in [9.17, 15) is 14.7 Å². The first-order valence-corrected chi connectivity index (χ1v) is 8.60. The Labute approximate surface area is 166 Å². The van der Waals surface area contributed by atoms with E-state index in [4.69, 9.17) is 21.6 Å². The number of amides is 1. The van der Waals surface area contributed by atoms with Crippen molar-refractivity contribution in [2.45, 2.75) is 32.9 Å². The van der Waals surface area contributed by atoms with Crippen LogP contribution in [-0.2, 0) is 6.54 Å². The molecule has 1 amide bonds. The second-order valence-corrected chi connectivity index (χ2v) is 7.42. The maximum atomic E-state index is 15.0. The van der Waals surface area contributed by atoms with E-state index in [0.717, 1.165) is 4.90 Å². The minimum absolute atomic E-state index is 0.0334. The predicted molar refractivity (Wildman–Crippen MR) is 101 cm³/mol. The van der Waals surface area contributed by atoms with Gasteiger partial charge in [-0.05, 0) is 45.0 Å². The van der Waals surface area contributed by atoms with Crippen LogP contribution in [0.25, 0.3) is 0 Å². The van der Waals surface area contributed by atoms with Crippen LogP contribution in [0.5, 0.6) is 11.5 Å². The molecule has 1 N–H and O–H groups in total. The number of nitrogens with zero attached hydrogens (tertiary/aromatic N) is 2. The Bertz CT molecular complexity index is 964. The number of carbonyl (C=O) groups excluding carboxylic acids is 1. The highest BCUT2D eigenvalue weighted by atomic mass is 35.5. The maximum Gasteiger partial charge on any atom is 0.408 e. The van der Waals surface area contributed by atoms with Gasteiger partial charge in [0, 0.05) is 16.7 Å². The molecule has 2 aromatic rings. The summed E-state index contributed by atoms with van der Waals surface area (Å²) in [6, 6.07) is 8.71. The molecule has 28 heavy (non-hydrogen) atoms. The first-order valence-electron chi connectivity index (χ1n) is 8.22. The van der Waals surface area contributed by atoms with Crippen molar-refractivity contribution >= 4 is 24.0 Å². The summed E-state index contributed by atoms with van der Waals surface area (Å²) in [6.45, 7) is 4.87. The smallest absolute Gasteiger partial charge is 0.408 e. The van der Waals surface area contributed by atoms with E-state index >= 15 is 4.39 Å². The Morgan fingerprint density at radius 3 is 2.57 bits per heavy atom. The van der Waals surface area contributed by atoms with Crippen LogP contribution in [0.4, 0.5) is 9.18 Å². The van der Waals surface area contributed by atoms with Gasteiger partial charge in [0.1, 0.15) is 12.0 Å². The quantitative estimate of drug-likeness (QED) is 0.688. The number of halogens is 2. The van der Waals surface area contributed by atoms with Gasteiger partial charge >= 0.3 is 6.09 Å². The summed E-state index contributed by atoms with van der Waals surface area (Å²) in [4.78, 5) is 23.6. The molecular formula is C20H18ClFN2O4. The number of rotatable bonds is 5. The molecule has 146 valence electrons. The van der Waals surface area contributed by atoms with Crippen LogP contribution in [0.1, 0.15) is 42.3 Å². The Kier molecular flexibility index (Phi) is 6.26. The zero-order valence-corrected chi connectivity index (χ0v) is 16.2. The van der Waals surface area contributed by atoms with Gasteiger partial charge in [-0.2, -0.15) is 5.26 Å². The van der Waals surface area contributed by atoms with Gasteiger partial charge in [-0.3, -0.25) is 9.69 Å². The molecular weight excluding hydrogens is 387 g/mol. The predicted octanol–water partition coefficient (Wildman–Crippen LogP) is 5.23. The number of benzene rings is 2. The van der Waals surface area contributed by atoms with Crippen LogP contribution in [-0.4, -0.2) is 27.9 Å². The first kappa shape index (κ1) is 21.2. The molecule has 0 bridgehead atoms. The molecule has 6 nitrogen and oxygen atoms in total. The van der Waals surface area contributed by atoms with Crippen LogP contribution in [0, 0.1) is 17.1 Å². The lowest BCUT2D eigenvalue weighted by Crippen LogP contribution is -2.44. The van der Waals surface area contributed by atoms with Crippen LogP contribution in [0.15, 0.2) is 30.3 Å². The third kappa shape index (κ3) is 4.78. The topological polar surface area (TPSA) is 90.6 Å². The van der Waals surface area contributed by atoms with Crippen molar-refractivity contribution in [1.82, 2.24) is 4.90 Å². The van der Waals surface area contributed by atoms with E-state index < -0.39 is 17.4 Å². The van der Waals surface area contributed by atoms with E-state index in [1.165, 1.54) is 30.3 Å². The molecule has 0 spiro atoms. The van der Waals surface area contributed by atoms with E-state index in [0.29, 0.717) is 6.29 Å². The van der Waals surface area contributed by atoms with Gasteiger partial charge in [0.05, 0.1) is 23.2 Å². The average molecular weight is 405 g/mol. The van der Waals surface area contributed by atoms with Crippen LogP contribution < -0.4 is 4.74 Å². The summed E-state index contributed by atoms with van der Waals surface area (Å²) in [5.41, 5.74) is -0.328. The monoisotopic (exact) mass is 404 g/mol. The zero-order valence-electron chi connectivity index (χ0n) is 15.5. The number of nitriles is 1. The Morgan fingerprint density at radius 1 is 1.36 bits per heavy atom. The van der Waals surface area contributed by atoms with Gasteiger partial charge in [0.2, 0.25) is 0 Å². The lowest BCUT2D eigenvalue weighted by molar-refractivity contribution is 0.0947. The molecule has 2 aromatic carbocycles. The first-order chi connectivity index (χ1) is 13.1. The fourth-order valence-electron chi connectivity index (χ4n) is 2.48. The maximum absolute atomic E-state index is 15.0. The van der Waals surface area contributed by atoms with Gasteiger partial charge in [0.15, 0.2) is 11.6 Å². The third-order valence-corrected chi connectivity index (χ3v) is 4.21. The fourth-order valence-corrected chi connectivity index (χ4v) is 2.67. The van der Waals surface area contributed by atoms with Gasteiger partial charge in [-0.25, -0.2) is 9.18 Å². The second-order valence-electron chi connectivity index (χ2n) is 7.01. The molecule has 0 heterocycles. The molecule has 0 unspecified atom stereocenters. The fraction of sp³-hybridized carbons (Fsp3) is 0.250. The summed E-state index contributed by atoms with van der Waals surface area (Å²) in [6.07, 6.45) is -0.655. The number of ether oxygens (including phenoxy) is 1. The average Bonchev–Trinajstić information content (AvgIpc) is 2.62. The standard InChI is InChI=1S/C20H18ClFN2O4/c1-20(2,3)24(19(26)27)10-14-4-5-16(21)18(17(14)22)28-15-7-12(9-23)6-13(8-15)11-25/h4-8,11H,10H2,1-3H3,(H,26,27). The van der Waals surface area contributed by atoms with Crippen molar-refractivity contribution in [2.24, 2.45) is 0 Å². The molecule has 0 aromatic heterocycles. The van der Waals surface area contributed by atoms with E-state index in [1.807, 2.05) is 6.07 Å². The summed E-state index contributed by atoms with van der Waals surface area (Å²) in [5, 5.41) is 18.4. The van der Waals surface area contributed by atoms with E-state index in [2.05, 4.69) is 0 Å². The minimum atomic E-state index is -1.19. The summed E-state index contributed by atoms with van der Waals surface area (Å²) in [7, 11) is 0. The summed E-state index contributed by atoms with van der Waals surface area (Å²) in [5.74, 6) is -1.08. The molecule has 0 aliphatic carbocycles. The van der Waals surface area contributed by atoms with Crippen LogP contribution >= 0.6 is 11.6 Å². The molecule has 0 aliphatic rings. The number of carbonyl (C=O) groups is 2. The highest BCUT2D eigenvalue weighted by Crippen LogP contribution is 2.35. The largest absolute Gasteiger partial charge is 0.465 e. The lowest BCUT2D eigenvalue weighted by atomic mass is 10.0. The SMILES string of the molecule is CC(C)(C)N(Cc1ccc(Cl)c(Oc2cc(C#N)cc(C=O)c2)c1F)C(=O)O. The third-order valence-electron chi connectivity index (χ3n) is 3.91. The molecule has 0 aliphatic heterocycles. The van der Waals surface area contributed by atoms with Crippen molar-refractivity contribution in [3.05, 3.63) is 57.9 Å². The molecule has 0 saturated heterocycles. The second kappa shape index (κ2) is 8.28. The van der Waals surface area contributed by atoms with Crippen LogP contribution in [0.2, 0.25) is 5.02 Å². The number of aldehydes is 1. The van der Waals surface area contributed by atoms with Crippen molar-refractivity contribution in [3.63, 3.8) is 0 Å². The molecule has 0 saturated carbocycles. The van der Waals surface area contributed by atoms with E-state index in [1.54, 1.807) is 20.8 Å². The summed E-state index contributed by atoms with van der Waals surface area (Å²) < 4.78 is 20.5. The number of hydrogen-bond acceptors (Lipinski definition) is 4. The molecule has 0 fully saturated rings. The number of hydrogen-bond donors (Lipinski definition) is 1. The van der Waals surface area contributed by atoms with Gasteiger partial charge < -0.3 is 9.84 Å². The van der Waals surface area contributed by atoms with Gasteiger partial charge in [-0.1, -0.05) is 17.7 Å². The van der Waals surface area contributed by atoms with Crippen molar-refractivity contribution < 1.29 is 23.8 Å². The van der Waals surface area contributed by atoms with Crippen molar-refractivity contribution in [2.75, 3.05) is 0 Å². The van der Waals surface area contributed by atoms with Crippen LogP contribution in [0.3, 0.4) is 0 Å². The Hall–Kier alpha value is -3.11. The normalized spacial score (nSPS) is 10.9. The highest BCUT2D eigenvalue weighted by Gasteiger charge is 2.28. The number of carboxylic acid groups (broad SMARTS) is 1. The zero-order chi connectivity index (χ0) is 21.1. The molecule has 0 radical (unpaired) electrons. The molecule has 0 atom stereocenters. The Morgan fingerprint density at radius 2 is 2.04 bits per heavy atom. The molecule has 2 rings (SSSR count). The lowest BCUT2D eigenvalue weighted by Gasteiger charge is -2.33. The molecule has 8 heteroatoms. The van der Waals surface area contributed by atoms with Gasteiger partial charge in [-0.15, -0.1) is 0 Å². The summed E-state index contributed by atoms with van der Waals surface area (Å²) >= 11 is 6.06. The minimum Gasteiger partial charge on any atom is -0.465 e. The van der Waals surface area contributed by atoms with Gasteiger partial charge in [0.25, 0.3) is 0 Å². The van der Waals surface area contributed by atoms with Crippen molar-refractivity contribution in [3.8, 4) is 17.6 Å². The highest BCUT2D eigenvalue weighted by molar-refractivity contribution is 6.32.